The molecule has 5 heteroatoms. The van der Waals surface area contributed by atoms with Crippen molar-refractivity contribution in [3.05, 3.63) is 52.2 Å². The number of hydrogen-bond acceptors (Lipinski definition) is 4. The van der Waals surface area contributed by atoms with Crippen LogP contribution in [-0.4, -0.2) is 32.4 Å². The van der Waals surface area contributed by atoms with Gasteiger partial charge < -0.3 is 0 Å². The molecule has 0 aliphatic carbocycles. The highest BCUT2D eigenvalue weighted by Crippen LogP contribution is 2.35. The van der Waals surface area contributed by atoms with Crippen LogP contribution in [0.25, 0.3) is 4.83 Å². The van der Waals surface area contributed by atoms with Gasteiger partial charge in [0.2, 0.25) is 0 Å². The molecule has 126 valence electrons. The summed E-state index contributed by atoms with van der Waals surface area (Å²) >= 11 is 1.90. The van der Waals surface area contributed by atoms with E-state index in [1.165, 1.54) is 39.5 Å². The maximum atomic E-state index is 4.93. The lowest BCUT2D eigenvalue weighted by molar-refractivity contribution is 0.204. The first-order valence-electron chi connectivity index (χ1n) is 8.69. The average Bonchev–Trinajstić information content (AvgIpc) is 3.07. The third kappa shape index (κ3) is 2.76. The van der Waals surface area contributed by atoms with Gasteiger partial charge in [0.05, 0.1) is 5.69 Å². The monoisotopic (exact) mass is 340 g/mol. The summed E-state index contributed by atoms with van der Waals surface area (Å²) in [5.74, 6) is 1.74. The third-order valence-electron chi connectivity index (χ3n) is 5.25. The maximum absolute atomic E-state index is 4.93. The second-order valence-electron chi connectivity index (χ2n) is 6.83. The molecule has 0 amide bonds. The quantitative estimate of drug-likeness (QED) is 0.720. The minimum atomic E-state index is 0.597. The molecule has 0 N–H and O–H groups in total. The summed E-state index contributed by atoms with van der Waals surface area (Å²) in [5, 5.41) is 0. The second-order valence-corrected chi connectivity index (χ2v) is 8.04. The lowest BCUT2D eigenvalue weighted by Gasteiger charge is -2.31. The van der Waals surface area contributed by atoms with E-state index in [1.54, 1.807) is 0 Å². The van der Waals surface area contributed by atoms with Crippen LogP contribution in [0.3, 0.4) is 0 Å². The number of fused-ring (bicyclic) bond motifs is 1. The number of piperidine rings is 1. The van der Waals surface area contributed by atoms with Crippen molar-refractivity contribution in [3.8, 4) is 0 Å². The van der Waals surface area contributed by atoms with Crippen molar-refractivity contribution in [2.75, 3.05) is 13.1 Å². The van der Waals surface area contributed by atoms with Gasteiger partial charge >= 0.3 is 0 Å². The van der Waals surface area contributed by atoms with E-state index in [-0.39, 0.29) is 0 Å². The van der Waals surface area contributed by atoms with Gasteiger partial charge in [-0.2, -0.15) is 0 Å². The standard InChI is InChI=1S/C19H24N4S/c1-13-14(2)24-19-18(21-15(3)23(13)19)17-6-10-22(11-7-17)12-16-4-8-20-9-5-16/h4-5,8-9,17H,6-7,10-12H2,1-3H3. The molecule has 3 aromatic heterocycles. The van der Waals surface area contributed by atoms with E-state index in [1.807, 2.05) is 23.7 Å². The van der Waals surface area contributed by atoms with Gasteiger partial charge in [-0.15, -0.1) is 11.3 Å². The molecular formula is C19H24N4S. The Morgan fingerprint density at radius 3 is 2.54 bits per heavy atom. The molecule has 1 aliphatic rings. The number of thiazole rings is 1. The highest BCUT2D eigenvalue weighted by atomic mass is 32.1. The molecule has 1 aliphatic heterocycles. The van der Waals surface area contributed by atoms with Crippen LogP contribution in [0.15, 0.2) is 24.5 Å². The molecule has 1 fully saturated rings. The number of likely N-dealkylation sites (tertiary alicyclic amines) is 1. The normalized spacial score (nSPS) is 17.0. The average molecular weight is 340 g/mol. The largest absolute Gasteiger partial charge is 0.299 e. The van der Waals surface area contributed by atoms with Gasteiger partial charge in [0.1, 0.15) is 10.7 Å². The molecule has 1 saturated heterocycles. The SMILES string of the molecule is Cc1sc2c(C3CCN(Cc4ccncc4)CC3)nc(C)n2c1C. The highest BCUT2D eigenvalue weighted by Gasteiger charge is 2.26. The maximum Gasteiger partial charge on any atom is 0.123 e. The number of aryl methyl sites for hydroxylation is 3. The summed E-state index contributed by atoms with van der Waals surface area (Å²) in [6.45, 7) is 9.88. The zero-order chi connectivity index (χ0) is 16.7. The zero-order valence-electron chi connectivity index (χ0n) is 14.6. The zero-order valence-corrected chi connectivity index (χ0v) is 15.4. The molecule has 0 atom stereocenters. The summed E-state index contributed by atoms with van der Waals surface area (Å²) in [4.78, 5) is 14.4. The minimum Gasteiger partial charge on any atom is -0.299 e. The molecule has 4 heterocycles. The molecule has 0 radical (unpaired) electrons. The van der Waals surface area contributed by atoms with Crippen LogP contribution in [0.5, 0.6) is 0 Å². The van der Waals surface area contributed by atoms with E-state index in [9.17, 15) is 0 Å². The van der Waals surface area contributed by atoms with Gasteiger partial charge in [0.25, 0.3) is 0 Å². The van der Waals surface area contributed by atoms with Crippen LogP contribution in [0.1, 0.15) is 46.4 Å². The summed E-state index contributed by atoms with van der Waals surface area (Å²) < 4.78 is 2.35. The third-order valence-corrected chi connectivity index (χ3v) is 6.44. The topological polar surface area (TPSA) is 33.4 Å². The van der Waals surface area contributed by atoms with Crippen LogP contribution in [0.4, 0.5) is 0 Å². The molecule has 0 bridgehead atoms. The van der Waals surface area contributed by atoms with Crippen LogP contribution >= 0.6 is 11.3 Å². The second kappa shape index (κ2) is 6.30. The Labute approximate surface area is 147 Å². The van der Waals surface area contributed by atoms with E-state index in [0.717, 1.165) is 25.5 Å². The van der Waals surface area contributed by atoms with Crippen molar-refractivity contribution < 1.29 is 0 Å². The van der Waals surface area contributed by atoms with Gasteiger partial charge in [0, 0.05) is 35.4 Å². The molecule has 4 rings (SSSR count). The fourth-order valence-corrected chi connectivity index (χ4v) is 4.99. The lowest BCUT2D eigenvalue weighted by Crippen LogP contribution is -2.32. The smallest absolute Gasteiger partial charge is 0.123 e. The van der Waals surface area contributed by atoms with Crippen molar-refractivity contribution in [3.63, 3.8) is 0 Å². The van der Waals surface area contributed by atoms with Gasteiger partial charge in [0.15, 0.2) is 0 Å². The Morgan fingerprint density at radius 1 is 1.12 bits per heavy atom. The summed E-state index contributed by atoms with van der Waals surface area (Å²) in [6, 6.07) is 4.23. The Morgan fingerprint density at radius 2 is 1.83 bits per heavy atom. The number of imidazole rings is 1. The first-order valence-corrected chi connectivity index (χ1v) is 9.51. The summed E-state index contributed by atoms with van der Waals surface area (Å²) in [6.07, 6.45) is 6.17. The number of aromatic nitrogens is 3. The van der Waals surface area contributed by atoms with Gasteiger partial charge in [-0.25, -0.2) is 4.98 Å². The summed E-state index contributed by atoms with van der Waals surface area (Å²) in [5.41, 5.74) is 4.03. The van der Waals surface area contributed by atoms with Crippen molar-refractivity contribution in [2.24, 2.45) is 0 Å². The van der Waals surface area contributed by atoms with Crippen LogP contribution in [0.2, 0.25) is 0 Å². The van der Waals surface area contributed by atoms with Gasteiger partial charge in [-0.3, -0.25) is 14.3 Å². The van der Waals surface area contributed by atoms with E-state index >= 15 is 0 Å². The molecule has 0 spiro atoms. The van der Waals surface area contributed by atoms with Crippen molar-refractivity contribution >= 4 is 16.2 Å². The predicted molar refractivity (Wildman–Crippen MR) is 98.8 cm³/mol. The van der Waals surface area contributed by atoms with Gasteiger partial charge in [-0.1, -0.05) is 0 Å². The Balaban J connectivity index is 1.49. The fourth-order valence-electron chi connectivity index (χ4n) is 3.78. The lowest BCUT2D eigenvalue weighted by atomic mass is 9.94. The number of rotatable bonds is 3. The fraction of sp³-hybridized carbons (Fsp3) is 0.474. The Bertz CT molecular complexity index is 841. The summed E-state index contributed by atoms with van der Waals surface area (Å²) in [7, 11) is 0. The van der Waals surface area contributed by atoms with E-state index in [2.05, 4.69) is 47.2 Å². The van der Waals surface area contributed by atoms with Gasteiger partial charge in [-0.05, 0) is 64.4 Å². The van der Waals surface area contributed by atoms with Crippen LogP contribution < -0.4 is 0 Å². The highest BCUT2D eigenvalue weighted by molar-refractivity contribution is 7.17. The molecule has 0 unspecified atom stereocenters. The van der Waals surface area contributed by atoms with Crippen LogP contribution in [-0.2, 0) is 6.54 Å². The van der Waals surface area contributed by atoms with E-state index in [0.29, 0.717) is 5.92 Å². The molecule has 0 saturated carbocycles. The Hall–Kier alpha value is -1.72. The molecule has 3 aromatic rings. The van der Waals surface area contributed by atoms with Crippen LogP contribution in [0, 0.1) is 20.8 Å². The Kier molecular flexibility index (Phi) is 4.14. The molecular weight excluding hydrogens is 316 g/mol. The minimum absolute atomic E-state index is 0.597. The number of nitrogens with zero attached hydrogens (tertiary/aromatic N) is 4. The van der Waals surface area contributed by atoms with Crippen molar-refractivity contribution in [1.82, 2.24) is 19.3 Å². The van der Waals surface area contributed by atoms with Crippen molar-refractivity contribution in [2.45, 2.75) is 46.1 Å². The first kappa shape index (κ1) is 15.8. The molecule has 4 nitrogen and oxygen atoms in total. The van der Waals surface area contributed by atoms with E-state index in [4.69, 9.17) is 4.98 Å². The number of hydrogen-bond donors (Lipinski definition) is 0. The number of pyridine rings is 1. The molecule has 0 aromatic carbocycles. The first-order chi connectivity index (χ1) is 11.6. The molecule has 24 heavy (non-hydrogen) atoms. The predicted octanol–water partition coefficient (Wildman–Crippen LogP) is 4.10. The van der Waals surface area contributed by atoms with E-state index < -0.39 is 0 Å². The van der Waals surface area contributed by atoms with Crippen molar-refractivity contribution in [1.29, 1.82) is 0 Å².